The minimum atomic E-state index is -0.240. The third kappa shape index (κ3) is 1.76. The Bertz CT molecular complexity index is 620. The average Bonchev–Trinajstić information content (AvgIpc) is 2.77. The van der Waals surface area contributed by atoms with Crippen molar-refractivity contribution in [3.63, 3.8) is 0 Å². The van der Waals surface area contributed by atoms with Crippen LogP contribution in [-0.2, 0) is 0 Å². The third-order valence-corrected chi connectivity index (χ3v) is 3.81. The van der Waals surface area contributed by atoms with Crippen LogP contribution in [0.1, 0.15) is 32.8 Å². The molecule has 1 atom stereocenters. The predicted octanol–water partition coefficient (Wildman–Crippen LogP) is 2.61. The average molecular weight is 259 g/mol. The van der Waals surface area contributed by atoms with Crippen molar-refractivity contribution >= 4 is 22.9 Å². The Hall–Kier alpha value is -1.88. The van der Waals surface area contributed by atoms with Crippen molar-refractivity contribution in [1.29, 1.82) is 0 Å². The maximum atomic E-state index is 12.1. The van der Waals surface area contributed by atoms with Gasteiger partial charge in [-0.2, -0.15) is 0 Å². The van der Waals surface area contributed by atoms with Gasteiger partial charge in [0.1, 0.15) is 6.17 Å². The van der Waals surface area contributed by atoms with Crippen LogP contribution in [0, 0.1) is 13.8 Å². The second-order valence-corrected chi connectivity index (χ2v) is 5.40. The number of rotatable bonds is 1. The molecule has 1 aromatic heterocycles. The number of aryl methyl sites for hydroxylation is 2. The Balaban J connectivity index is 2.01. The molecule has 0 aliphatic carbocycles. The van der Waals surface area contributed by atoms with Crippen LogP contribution in [0.15, 0.2) is 23.6 Å². The molecule has 1 amide bonds. The van der Waals surface area contributed by atoms with E-state index in [2.05, 4.69) is 15.6 Å². The predicted molar refractivity (Wildman–Crippen MR) is 71.9 cm³/mol. The normalized spacial score (nSPS) is 17.9. The lowest BCUT2D eigenvalue weighted by molar-refractivity contribution is 0.0935. The number of amides is 1. The number of aromatic nitrogens is 1. The molecule has 0 saturated carbocycles. The summed E-state index contributed by atoms with van der Waals surface area (Å²) in [6.07, 6.45) is -0.240. The van der Waals surface area contributed by atoms with Crippen LogP contribution in [0.4, 0.5) is 5.69 Å². The summed E-state index contributed by atoms with van der Waals surface area (Å²) < 4.78 is 0. The van der Waals surface area contributed by atoms with Gasteiger partial charge in [0.05, 0.1) is 22.0 Å². The zero-order chi connectivity index (χ0) is 12.7. The molecule has 1 unspecified atom stereocenters. The number of carbonyl (C=O) groups excluding carboxylic acids is 1. The Morgan fingerprint density at radius 1 is 1.28 bits per heavy atom. The maximum absolute atomic E-state index is 12.1. The first-order chi connectivity index (χ1) is 8.65. The molecule has 0 saturated heterocycles. The van der Waals surface area contributed by atoms with Crippen LogP contribution < -0.4 is 10.6 Å². The molecular formula is C13H13N3OS. The molecule has 0 radical (unpaired) electrons. The van der Waals surface area contributed by atoms with Gasteiger partial charge in [0, 0.05) is 5.38 Å². The van der Waals surface area contributed by atoms with E-state index in [0.717, 1.165) is 22.0 Å². The van der Waals surface area contributed by atoms with E-state index in [1.807, 2.05) is 37.4 Å². The molecule has 5 heteroatoms. The zero-order valence-corrected chi connectivity index (χ0v) is 11.0. The van der Waals surface area contributed by atoms with Crippen LogP contribution in [0.3, 0.4) is 0 Å². The van der Waals surface area contributed by atoms with E-state index in [1.165, 1.54) is 0 Å². The van der Waals surface area contributed by atoms with Gasteiger partial charge >= 0.3 is 0 Å². The van der Waals surface area contributed by atoms with Crippen LogP contribution in [0.2, 0.25) is 0 Å². The first-order valence-electron chi connectivity index (χ1n) is 5.74. The number of nitrogens with one attached hydrogen (secondary N) is 2. The Morgan fingerprint density at radius 2 is 2.11 bits per heavy atom. The number of benzene rings is 1. The van der Waals surface area contributed by atoms with Gasteiger partial charge in [0.2, 0.25) is 0 Å². The summed E-state index contributed by atoms with van der Waals surface area (Å²) in [4.78, 5) is 16.5. The van der Waals surface area contributed by atoms with E-state index in [-0.39, 0.29) is 12.1 Å². The molecule has 1 aliphatic heterocycles. The van der Waals surface area contributed by atoms with Crippen LogP contribution in [0.25, 0.3) is 0 Å². The second-order valence-electron chi connectivity index (χ2n) is 4.34. The minimum absolute atomic E-state index is 0.0527. The molecule has 2 N–H and O–H groups in total. The number of anilines is 1. The number of hydrogen-bond donors (Lipinski definition) is 2. The van der Waals surface area contributed by atoms with Gasteiger partial charge in [0.25, 0.3) is 5.91 Å². The largest absolute Gasteiger partial charge is 0.359 e. The summed E-state index contributed by atoms with van der Waals surface area (Å²) in [5, 5.41) is 9.23. The highest BCUT2D eigenvalue weighted by atomic mass is 32.1. The van der Waals surface area contributed by atoms with Gasteiger partial charge in [-0.3, -0.25) is 4.79 Å². The van der Waals surface area contributed by atoms with Gasteiger partial charge in [0.15, 0.2) is 0 Å². The number of carbonyl (C=O) groups is 1. The molecule has 2 aromatic rings. The van der Waals surface area contributed by atoms with E-state index < -0.39 is 0 Å². The molecule has 3 rings (SSSR count). The fourth-order valence-electron chi connectivity index (χ4n) is 2.10. The Kier molecular flexibility index (Phi) is 2.56. The molecule has 1 aromatic carbocycles. The molecule has 92 valence electrons. The van der Waals surface area contributed by atoms with Gasteiger partial charge in [-0.15, -0.1) is 11.3 Å². The fourth-order valence-corrected chi connectivity index (χ4v) is 2.74. The topological polar surface area (TPSA) is 54.0 Å². The lowest BCUT2D eigenvalue weighted by Crippen LogP contribution is -2.39. The van der Waals surface area contributed by atoms with Crippen LogP contribution in [0.5, 0.6) is 0 Å². The van der Waals surface area contributed by atoms with Crippen molar-refractivity contribution in [2.75, 3.05) is 5.32 Å². The summed E-state index contributed by atoms with van der Waals surface area (Å²) >= 11 is 1.58. The van der Waals surface area contributed by atoms with Crippen molar-refractivity contribution in [2.45, 2.75) is 20.0 Å². The van der Waals surface area contributed by atoms with E-state index in [1.54, 1.807) is 11.3 Å². The van der Waals surface area contributed by atoms with Crippen molar-refractivity contribution in [2.24, 2.45) is 0 Å². The standard InChI is InChI=1S/C13H13N3OS/c1-7-4-3-5-9-11(7)15-12(16-13(9)17)10-6-18-8(2)14-10/h3-6,12,15H,1-2H3,(H,16,17). The highest BCUT2D eigenvalue weighted by Crippen LogP contribution is 2.29. The minimum Gasteiger partial charge on any atom is -0.359 e. The number of nitrogens with zero attached hydrogens (tertiary/aromatic N) is 1. The van der Waals surface area contributed by atoms with Crippen LogP contribution >= 0.6 is 11.3 Å². The summed E-state index contributed by atoms with van der Waals surface area (Å²) in [6, 6.07) is 5.71. The van der Waals surface area contributed by atoms with Crippen molar-refractivity contribution in [1.82, 2.24) is 10.3 Å². The lowest BCUT2D eigenvalue weighted by atomic mass is 10.0. The number of hydrogen-bond acceptors (Lipinski definition) is 4. The smallest absolute Gasteiger partial charge is 0.255 e. The van der Waals surface area contributed by atoms with E-state index >= 15 is 0 Å². The second kappa shape index (κ2) is 4.10. The first kappa shape index (κ1) is 11.2. The molecular weight excluding hydrogens is 246 g/mol. The van der Waals surface area contributed by atoms with Gasteiger partial charge in [-0.1, -0.05) is 12.1 Å². The van der Waals surface area contributed by atoms with E-state index in [0.29, 0.717) is 5.56 Å². The van der Waals surface area contributed by atoms with E-state index in [4.69, 9.17) is 0 Å². The van der Waals surface area contributed by atoms with Gasteiger partial charge in [-0.25, -0.2) is 4.98 Å². The highest BCUT2D eigenvalue weighted by molar-refractivity contribution is 7.09. The molecule has 18 heavy (non-hydrogen) atoms. The number of fused-ring (bicyclic) bond motifs is 1. The molecule has 4 nitrogen and oxygen atoms in total. The maximum Gasteiger partial charge on any atom is 0.255 e. The molecule has 2 heterocycles. The number of thiazole rings is 1. The number of para-hydroxylation sites is 1. The summed E-state index contributed by atoms with van der Waals surface area (Å²) in [7, 11) is 0. The Labute approximate surface area is 109 Å². The SMILES string of the molecule is Cc1nc(C2NC(=O)c3cccc(C)c3N2)cs1. The summed E-state index contributed by atoms with van der Waals surface area (Å²) in [6.45, 7) is 3.95. The van der Waals surface area contributed by atoms with E-state index in [9.17, 15) is 4.79 Å². The highest BCUT2D eigenvalue weighted by Gasteiger charge is 2.26. The Morgan fingerprint density at radius 3 is 2.83 bits per heavy atom. The monoisotopic (exact) mass is 259 g/mol. The fraction of sp³-hybridized carbons (Fsp3) is 0.231. The van der Waals surface area contributed by atoms with Crippen molar-refractivity contribution in [3.05, 3.63) is 45.4 Å². The molecule has 0 bridgehead atoms. The third-order valence-electron chi connectivity index (χ3n) is 3.01. The van der Waals surface area contributed by atoms with Gasteiger partial charge < -0.3 is 10.6 Å². The summed E-state index contributed by atoms with van der Waals surface area (Å²) in [5.74, 6) is -0.0527. The molecule has 0 spiro atoms. The first-order valence-corrected chi connectivity index (χ1v) is 6.62. The van der Waals surface area contributed by atoms with Crippen molar-refractivity contribution in [3.8, 4) is 0 Å². The zero-order valence-electron chi connectivity index (χ0n) is 10.2. The lowest BCUT2D eigenvalue weighted by Gasteiger charge is -2.27. The van der Waals surface area contributed by atoms with Crippen LogP contribution in [-0.4, -0.2) is 10.9 Å². The quantitative estimate of drug-likeness (QED) is 0.827. The van der Waals surface area contributed by atoms with Gasteiger partial charge in [-0.05, 0) is 25.5 Å². The summed E-state index contributed by atoms with van der Waals surface area (Å²) in [5.41, 5.74) is 3.52. The molecule has 0 fully saturated rings. The molecule has 1 aliphatic rings. The van der Waals surface area contributed by atoms with Crippen molar-refractivity contribution < 1.29 is 4.79 Å².